The number of hydrogen-bond donors (Lipinski definition) is 2. The Morgan fingerprint density at radius 1 is 1.21 bits per heavy atom. The van der Waals surface area contributed by atoms with Crippen LogP contribution in [0.1, 0.15) is 38.4 Å². The van der Waals surface area contributed by atoms with Crippen molar-refractivity contribution in [1.29, 1.82) is 0 Å². The van der Waals surface area contributed by atoms with Crippen LogP contribution in [0.3, 0.4) is 0 Å². The summed E-state index contributed by atoms with van der Waals surface area (Å²) in [6.07, 6.45) is 12.0. The smallest absolute Gasteiger partial charge is 0.227 e. The number of pyridine rings is 1. The van der Waals surface area contributed by atoms with Crippen LogP contribution in [0.4, 0.5) is 5.82 Å². The van der Waals surface area contributed by atoms with E-state index in [1.807, 2.05) is 42.5 Å². The standard InChI is InChI=1S/C23H27N5O/c1-2-18-27-19-20(16-10-4-5-11-17(16)26-21(19)24)28(18)15-9-8-14-23(22(25)29)12-6-3-7-13-23/h3-7,10-12H,2,8-9,13-15H2,1H3,(H2,24,26)(H2,25,29). The van der Waals surface area contributed by atoms with Gasteiger partial charge in [0.25, 0.3) is 0 Å². The molecule has 0 bridgehead atoms. The molecule has 1 atom stereocenters. The molecule has 1 amide bonds. The van der Waals surface area contributed by atoms with Crippen molar-refractivity contribution in [2.45, 2.75) is 45.6 Å². The molecular weight excluding hydrogens is 362 g/mol. The molecule has 0 saturated carbocycles. The summed E-state index contributed by atoms with van der Waals surface area (Å²) in [4.78, 5) is 21.3. The second-order valence-corrected chi connectivity index (χ2v) is 7.71. The van der Waals surface area contributed by atoms with Crippen molar-refractivity contribution in [3.05, 3.63) is 54.4 Å². The normalized spacial score (nSPS) is 18.7. The molecule has 3 aromatic rings. The fourth-order valence-electron chi connectivity index (χ4n) is 4.28. The molecule has 1 aliphatic carbocycles. The van der Waals surface area contributed by atoms with Crippen molar-refractivity contribution in [3.63, 3.8) is 0 Å². The van der Waals surface area contributed by atoms with Crippen molar-refractivity contribution in [1.82, 2.24) is 14.5 Å². The van der Waals surface area contributed by atoms with Crippen LogP contribution in [-0.2, 0) is 17.8 Å². The van der Waals surface area contributed by atoms with Crippen LogP contribution >= 0.6 is 0 Å². The number of fused-ring (bicyclic) bond motifs is 3. The molecule has 0 fully saturated rings. The third-order valence-electron chi connectivity index (χ3n) is 5.90. The zero-order chi connectivity index (χ0) is 20.4. The molecular formula is C23H27N5O. The minimum Gasteiger partial charge on any atom is -0.382 e. The number of hydrogen-bond acceptors (Lipinski definition) is 4. The summed E-state index contributed by atoms with van der Waals surface area (Å²) in [6.45, 7) is 2.92. The highest BCUT2D eigenvalue weighted by molar-refractivity contribution is 6.06. The number of carbonyl (C=O) groups excluding carboxylic acids is 1. The number of para-hydroxylation sites is 1. The molecule has 6 nitrogen and oxygen atoms in total. The highest BCUT2D eigenvalue weighted by atomic mass is 16.1. The number of imidazole rings is 1. The monoisotopic (exact) mass is 389 g/mol. The van der Waals surface area contributed by atoms with Gasteiger partial charge in [0, 0.05) is 18.4 Å². The average Bonchev–Trinajstić information content (AvgIpc) is 3.11. The number of nitrogen functional groups attached to an aromatic ring is 1. The zero-order valence-electron chi connectivity index (χ0n) is 16.8. The molecule has 4 rings (SSSR count). The Kier molecular flexibility index (Phi) is 5.09. The molecule has 1 unspecified atom stereocenters. The lowest BCUT2D eigenvalue weighted by Gasteiger charge is -2.27. The van der Waals surface area contributed by atoms with E-state index in [4.69, 9.17) is 16.5 Å². The molecule has 2 aromatic heterocycles. The predicted octanol–water partition coefficient (Wildman–Crippen LogP) is 3.89. The molecule has 1 aliphatic rings. The Labute approximate surface area is 170 Å². The van der Waals surface area contributed by atoms with Crippen molar-refractivity contribution >= 4 is 33.7 Å². The van der Waals surface area contributed by atoms with Gasteiger partial charge in [-0.2, -0.15) is 0 Å². The van der Waals surface area contributed by atoms with Gasteiger partial charge in [-0.15, -0.1) is 0 Å². The van der Waals surface area contributed by atoms with Gasteiger partial charge in [0.1, 0.15) is 11.3 Å². The fourth-order valence-corrected chi connectivity index (χ4v) is 4.28. The lowest BCUT2D eigenvalue weighted by Crippen LogP contribution is -2.35. The van der Waals surface area contributed by atoms with Gasteiger partial charge in [-0.05, 0) is 25.3 Å². The second kappa shape index (κ2) is 7.70. The van der Waals surface area contributed by atoms with Crippen LogP contribution in [0, 0.1) is 5.41 Å². The summed E-state index contributed by atoms with van der Waals surface area (Å²) in [7, 11) is 0. The maximum absolute atomic E-state index is 12.1. The number of rotatable bonds is 7. The largest absolute Gasteiger partial charge is 0.382 e. The van der Waals surface area contributed by atoms with Crippen molar-refractivity contribution in [2.24, 2.45) is 11.1 Å². The van der Waals surface area contributed by atoms with Gasteiger partial charge in [0.15, 0.2) is 5.82 Å². The molecule has 6 heteroatoms. The van der Waals surface area contributed by atoms with E-state index >= 15 is 0 Å². The molecule has 0 spiro atoms. The molecule has 0 aliphatic heterocycles. The Morgan fingerprint density at radius 2 is 2.03 bits per heavy atom. The number of unbranched alkanes of at least 4 members (excludes halogenated alkanes) is 1. The first-order valence-electron chi connectivity index (χ1n) is 10.2. The zero-order valence-corrected chi connectivity index (χ0v) is 16.8. The summed E-state index contributed by atoms with van der Waals surface area (Å²) in [5.74, 6) is 1.24. The van der Waals surface area contributed by atoms with Crippen molar-refractivity contribution in [2.75, 3.05) is 5.73 Å². The van der Waals surface area contributed by atoms with Crippen molar-refractivity contribution < 1.29 is 4.79 Å². The van der Waals surface area contributed by atoms with Gasteiger partial charge in [0.2, 0.25) is 5.91 Å². The van der Waals surface area contributed by atoms with E-state index in [-0.39, 0.29) is 5.91 Å². The predicted molar refractivity (Wildman–Crippen MR) is 117 cm³/mol. The highest BCUT2D eigenvalue weighted by Crippen LogP contribution is 2.34. The number of primary amides is 1. The fraction of sp³-hybridized carbons (Fsp3) is 0.348. The SMILES string of the molecule is CCc1nc2c(N)nc3ccccc3c2n1CCCCC1(C(N)=O)C=CC=CC1. The van der Waals surface area contributed by atoms with E-state index in [0.717, 1.165) is 60.0 Å². The lowest BCUT2D eigenvalue weighted by molar-refractivity contribution is -0.125. The van der Waals surface area contributed by atoms with Crippen LogP contribution < -0.4 is 11.5 Å². The Hall–Kier alpha value is -3.15. The van der Waals surface area contributed by atoms with Crippen LogP contribution in [-0.4, -0.2) is 20.4 Å². The Morgan fingerprint density at radius 3 is 2.76 bits per heavy atom. The van der Waals surface area contributed by atoms with E-state index < -0.39 is 5.41 Å². The summed E-state index contributed by atoms with van der Waals surface area (Å²) in [5.41, 5.74) is 14.1. The van der Waals surface area contributed by atoms with E-state index in [1.165, 1.54) is 0 Å². The molecule has 1 aromatic carbocycles. The first kappa shape index (κ1) is 19.2. The molecule has 4 N–H and O–H groups in total. The number of aryl methyl sites for hydroxylation is 2. The lowest BCUT2D eigenvalue weighted by atomic mass is 9.77. The number of nitrogens with two attached hydrogens (primary N) is 2. The average molecular weight is 390 g/mol. The third-order valence-corrected chi connectivity index (χ3v) is 5.90. The molecule has 0 saturated heterocycles. The summed E-state index contributed by atoms with van der Waals surface area (Å²) < 4.78 is 2.27. The summed E-state index contributed by atoms with van der Waals surface area (Å²) in [6, 6.07) is 8.04. The Balaban J connectivity index is 1.60. The van der Waals surface area contributed by atoms with Crippen LogP contribution in [0.5, 0.6) is 0 Å². The number of aromatic nitrogens is 3. The van der Waals surface area contributed by atoms with Gasteiger partial charge in [-0.25, -0.2) is 9.97 Å². The minimum atomic E-state index is -0.555. The molecule has 29 heavy (non-hydrogen) atoms. The molecule has 2 heterocycles. The number of benzene rings is 1. The summed E-state index contributed by atoms with van der Waals surface area (Å²) >= 11 is 0. The topological polar surface area (TPSA) is 99.8 Å². The van der Waals surface area contributed by atoms with E-state index in [0.29, 0.717) is 12.2 Å². The van der Waals surface area contributed by atoms with Crippen LogP contribution in [0.25, 0.3) is 21.9 Å². The third kappa shape index (κ3) is 3.39. The van der Waals surface area contributed by atoms with Gasteiger partial charge in [-0.1, -0.05) is 55.8 Å². The first-order valence-corrected chi connectivity index (χ1v) is 10.2. The molecule has 0 radical (unpaired) electrons. The minimum absolute atomic E-state index is 0.245. The quantitative estimate of drug-likeness (QED) is 0.599. The Bertz CT molecular complexity index is 1130. The number of nitrogens with zero attached hydrogens (tertiary/aromatic N) is 3. The van der Waals surface area contributed by atoms with Gasteiger partial charge in [-0.3, -0.25) is 4.79 Å². The number of carbonyl (C=O) groups is 1. The maximum atomic E-state index is 12.1. The second-order valence-electron chi connectivity index (χ2n) is 7.71. The van der Waals surface area contributed by atoms with Gasteiger partial charge >= 0.3 is 0 Å². The van der Waals surface area contributed by atoms with Crippen LogP contribution in [0.2, 0.25) is 0 Å². The summed E-state index contributed by atoms with van der Waals surface area (Å²) in [5, 5.41) is 1.07. The van der Waals surface area contributed by atoms with Crippen molar-refractivity contribution in [3.8, 4) is 0 Å². The van der Waals surface area contributed by atoms with E-state index in [1.54, 1.807) is 0 Å². The van der Waals surface area contributed by atoms with Gasteiger partial charge < -0.3 is 16.0 Å². The van der Waals surface area contributed by atoms with E-state index in [2.05, 4.69) is 22.5 Å². The highest BCUT2D eigenvalue weighted by Gasteiger charge is 2.32. The maximum Gasteiger partial charge on any atom is 0.227 e. The number of amides is 1. The number of allylic oxidation sites excluding steroid dienone is 3. The molecule has 150 valence electrons. The van der Waals surface area contributed by atoms with E-state index in [9.17, 15) is 4.79 Å². The van der Waals surface area contributed by atoms with Gasteiger partial charge in [0.05, 0.1) is 16.4 Å². The first-order chi connectivity index (χ1) is 14.1. The number of anilines is 1. The van der Waals surface area contributed by atoms with Crippen LogP contribution in [0.15, 0.2) is 48.6 Å².